The molecule has 3 aromatic rings. The highest BCUT2D eigenvalue weighted by Crippen LogP contribution is 2.41. The van der Waals surface area contributed by atoms with Crippen molar-refractivity contribution in [2.45, 2.75) is 52.7 Å². The van der Waals surface area contributed by atoms with Crippen molar-refractivity contribution >= 4 is 27.6 Å². The summed E-state index contributed by atoms with van der Waals surface area (Å²) in [4.78, 5) is 14.4. The normalized spacial score (nSPS) is 16.4. The van der Waals surface area contributed by atoms with Gasteiger partial charge in [-0.15, -0.1) is 0 Å². The Bertz CT molecular complexity index is 1060. The van der Waals surface area contributed by atoms with Crippen molar-refractivity contribution in [1.29, 1.82) is 0 Å². The molecule has 0 bridgehead atoms. The van der Waals surface area contributed by atoms with Crippen LogP contribution in [0.4, 0.5) is 0 Å². The van der Waals surface area contributed by atoms with Gasteiger partial charge in [-0.2, -0.15) is 0 Å². The Morgan fingerprint density at radius 3 is 2.72 bits per heavy atom. The van der Waals surface area contributed by atoms with Crippen molar-refractivity contribution in [1.82, 2.24) is 9.47 Å². The SMILES string of the molecule is CC(=O)c1ccc2c(c1)c1c3c(ccc1n2CCCN(C)CC(C)C)C(O)CC3. The average molecular weight is 393 g/mol. The molecular formula is C25H32N2O2. The summed E-state index contributed by atoms with van der Waals surface area (Å²) in [5, 5.41) is 12.7. The molecule has 1 aromatic heterocycles. The number of aryl methyl sites for hydroxylation is 2. The third-order valence-corrected chi connectivity index (χ3v) is 6.21. The van der Waals surface area contributed by atoms with Gasteiger partial charge in [-0.3, -0.25) is 4.79 Å². The molecule has 0 fully saturated rings. The lowest BCUT2D eigenvalue weighted by Crippen LogP contribution is -2.25. The average Bonchev–Trinajstić information content (AvgIpc) is 3.19. The van der Waals surface area contributed by atoms with Crippen LogP contribution in [0, 0.1) is 5.92 Å². The highest BCUT2D eigenvalue weighted by molar-refractivity contribution is 6.12. The zero-order valence-electron chi connectivity index (χ0n) is 18.0. The molecular weight excluding hydrogens is 360 g/mol. The molecule has 4 nitrogen and oxygen atoms in total. The number of carbonyl (C=O) groups excluding carboxylic acids is 1. The summed E-state index contributed by atoms with van der Waals surface area (Å²) in [5.74, 6) is 0.767. The third-order valence-electron chi connectivity index (χ3n) is 6.21. The maximum absolute atomic E-state index is 12.0. The molecule has 0 saturated carbocycles. The van der Waals surface area contributed by atoms with Gasteiger partial charge in [0, 0.05) is 40.5 Å². The molecule has 0 spiro atoms. The number of ketones is 1. The van der Waals surface area contributed by atoms with Crippen molar-refractivity contribution in [3.8, 4) is 0 Å². The van der Waals surface area contributed by atoms with Gasteiger partial charge in [0.2, 0.25) is 0 Å². The molecule has 1 N–H and O–H groups in total. The first-order valence-corrected chi connectivity index (χ1v) is 10.8. The second-order valence-electron chi connectivity index (χ2n) is 9.03. The minimum Gasteiger partial charge on any atom is -0.388 e. The Hall–Kier alpha value is -2.17. The lowest BCUT2D eigenvalue weighted by Gasteiger charge is -2.19. The zero-order valence-corrected chi connectivity index (χ0v) is 18.0. The zero-order chi connectivity index (χ0) is 20.7. The number of aliphatic hydroxyl groups is 1. The summed E-state index contributed by atoms with van der Waals surface area (Å²) >= 11 is 0. The molecule has 1 aliphatic carbocycles. The van der Waals surface area contributed by atoms with E-state index < -0.39 is 0 Å². The fraction of sp³-hybridized carbons (Fsp3) is 0.480. The first-order chi connectivity index (χ1) is 13.9. The van der Waals surface area contributed by atoms with Gasteiger partial charge in [0.1, 0.15) is 0 Å². The van der Waals surface area contributed by atoms with Crippen LogP contribution in [0.15, 0.2) is 30.3 Å². The largest absolute Gasteiger partial charge is 0.388 e. The summed E-state index contributed by atoms with van der Waals surface area (Å²) < 4.78 is 2.41. The van der Waals surface area contributed by atoms with E-state index in [1.54, 1.807) is 6.92 Å². The van der Waals surface area contributed by atoms with E-state index in [1.807, 2.05) is 12.1 Å². The van der Waals surface area contributed by atoms with E-state index in [0.29, 0.717) is 5.92 Å². The van der Waals surface area contributed by atoms with E-state index in [0.717, 1.165) is 55.4 Å². The van der Waals surface area contributed by atoms with E-state index in [-0.39, 0.29) is 11.9 Å². The number of carbonyl (C=O) groups is 1. The smallest absolute Gasteiger partial charge is 0.159 e. The number of hydrogen-bond donors (Lipinski definition) is 1. The van der Waals surface area contributed by atoms with Gasteiger partial charge in [0.05, 0.1) is 6.10 Å². The minimum atomic E-state index is -0.367. The summed E-state index contributed by atoms with van der Waals surface area (Å²) in [5.41, 5.74) is 5.48. The maximum Gasteiger partial charge on any atom is 0.159 e. The Balaban J connectivity index is 1.78. The summed E-state index contributed by atoms with van der Waals surface area (Å²) in [6, 6.07) is 10.4. The lowest BCUT2D eigenvalue weighted by atomic mass is 10.0. The van der Waals surface area contributed by atoms with E-state index in [1.165, 1.54) is 22.0 Å². The number of rotatable bonds is 7. The monoisotopic (exact) mass is 392 g/mol. The van der Waals surface area contributed by atoms with Gasteiger partial charge in [0.25, 0.3) is 0 Å². The molecule has 4 rings (SSSR count). The minimum absolute atomic E-state index is 0.0933. The molecule has 1 heterocycles. The van der Waals surface area contributed by atoms with Crippen molar-refractivity contribution in [3.63, 3.8) is 0 Å². The topological polar surface area (TPSA) is 45.5 Å². The summed E-state index contributed by atoms with van der Waals surface area (Å²) in [7, 11) is 2.19. The lowest BCUT2D eigenvalue weighted by molar-refractivity contribution is 0.101. The number of fused-ring (bicyclic) bond motifs is 5. The van der Waals surface area contributed by atoms with E-state index >= 15 is 0 Å². The highest BCUT2D eigenvalue weighted by Gasteiger charge is 2.25. The van der Waals surface area contributed by atoms with Gasteiger partial charge < -0.3 is 14.6 Å². The molecule has 0 aliphatic heterocycles. The van der Waals surface area contributed by atoms with Crippen LogP contribution in [-0.4, -0.2) is 40.5 Å². The summed E-state index contributed by atoms with van der Waals surface area (Å²) in [6.45, 7) is 9.26. The Morgan fingerprint density at radius 2 is 2.00 bits per heavy atom. The molecule has 29 heavy (non-hydrogen) atoms. The van der Waals surface area contributed by atoms with Gasteiger partial charge in [-0.1, -0.05) is 19.9 Å². The number of benzene rings is 2. The van der Waals surface area contributed by atoms with Gasteiger partial charge in [-0.25, -0.2) is 0 Å². The fourth-order valence-corrected chi connectivity index (χ4v) is 4.97. The predicted octanol–water partition coefficient (Wildman–Crippen LogP) is 4.95. The van der Waals surface area contributed by atoms with Crippen molar-refractivity contribution < 1.29 is 9.90 Å². The third kappa shape index (κ3) is 3.72. The molecule has 1 atom stereocenters. The van der Waals surface area contributed by atoms with E-state index in [4.69, 9.17) is 0 Å². The van der Waals surface area contributed by atoms with Crippen LogP contribution < -0.4 is 0 Å². The first-order valence-electron chi connectivity index (χ1n) is 10.8. The Labute approximate surface area is 173 Å². The predicted molar refractivity (Wildman–Crippen MR) is 120 cm³/mol. The van der Waals surface area contributed by atoms with Gasteiger partial charge >= 0.3 is 0 Å². The van der Waals surface area contributed by atoms with Crippen LogP contribution in [0.3, 0.4) is 0 Å². The number of hydrogen-bond acceptors (Lipinski definition) is 3. The second kappa shape index (κ2) is 7.92. The van der Waals surface area contributed by atoms with Gasteiger partial charge in [-0.05, 0) is 81.1 Å². The standard InChI is InChI=1S/C25H32N2O2/c1-16(2)15-26(4)12-5-13-27-22-9-6-18(17(3)28)14-21(22)25-20-8-11-24(29)19(20)7-10-23(25)27/h6-7,9-10,14,16,24,29H,5,8,11-13,15H2,1-4H3. The Morgan fingerprint density at radius 1 is 1.24 bits per heavy atom. The molecule has 0 amide bonds. The maximum atomic E-state index is 12.0. The van der Waals surface area contributed by atoms with Crippen LogP contribution in [0.1, 0.15) is 61.2 Å². The number of aliphatic hydroxyl groups excluding tert-OH is 1. The van der Waals surface area contributed by atoms with Crippen molar-refractivity contribution in [2.75, 3.05) is 20.1 Å². The van der Waals surface area contributed by atoms with Crippen LogP contribution in [0.2, 0.25) is 0 Å². The molecule has 1 aliphatic rings. The molecule has 1 unspecified atom stereocenters. The quantitative estimate of drug-likeness (QED) is 0.578. The molecule has 154 valence electrons. The number of nitrogens with zero attached hydrogens (tertiary/aromatic N) is 2. The number of aromatic nitrogens is 1. The molecule has 4 heteroatoms. The molecule has 0 radical (unpaired) electrons. The second-order valence-corrected chi connectivity index (χ2v) is 9.03. The van der Waals surface area contributed by atoms with Crippen molar-refractivity contribution in [2.24, 2.45) is 5.92 Å². The van der Waals surface area contributed by atoms with Crippen LogP contribution in [0.25, 0.3) is 21.8 Å². The first kappa shape index (κ1) is 20.1. The van der Waals surface area contributed by atoms with Gasteiger partial charge in [0.15, 0.2) is 5.78 Å². The fourth-order valence-electron chi connectivity index (χ4n) is 4.97. The van der Waals surface area contributed by atoms with Crippen LogP contribution >= 0.6 is 0 Å². The van der Waals surface area contributed by atoms with Crippen molar-refractivity contribution in [3.05, 3.63) is 47.0 Å². The highest BCUT2D eigenvalue weighted by atomic mass is 16.3. The van der Waals surface area contributed by atoms with Crippen LogP contribution in [0.5, 0.6) is 0 Å². The summed E-state index contributed by atoms with van der Waals surface area (Å²) in [6.07, 6.45) is 2.39. The molecule has 2 aromatic carbocycles. The Kier molecular flexibility index (Phi) is 5.50. The van der Waals surface area contributed by atoms with E-state index in [9.17, 15) is 9.90 Å². The van der Waals surface area contributed by atoms with E-state index in [2.05, 4.69) is 48.6 Å². The number of Topliss-reactive ketones (excluding diaryl/α,β-unsaturated/α-hetero) is 1. The van der Waals surface area contributed by atoms with Crippen LogP contribution in [-0.2, 0) is 13.0 Å². The molecule has 0 saturated heterocycles.